The van der Waals surface area contributed by atoms with Crippen LogP contribution in [0, 0.1) is 0 Å². The fourth-order valence-electron chi connectivity index (χ4n) is 20.3. The molecular weight excluding hydrogens is 1650 g/mol. The zero-order valence-corrected chi connectivity index (χ0v) is 73.4. The quantitative estimate of drug-likeness (QED) is 0.102. The summed E-state index contributed by atoms with van der Waals surface area (Å²) in [7, 11) is 0. The molecule has 0 aliphatic heterocycles. The Morgan fingerprint density at radius 1 is 0.148 bits per heavy atom. The SMILES string of the molecule is c1ccc(-c2cc3c(cc2N(c2ccccc2)c2ccc4c(c2)oc2ccccc24)c2ccccc2n3-c2ccccc2)cc1.c1ccc(-c2cc3c(cc2N(c2ccccc2)c2ccc4oc5ccccc5c4c2)c2ccccc2n3-c2ccccc2)cc1.c1ccc(-c2cc3c(cc2N(c2ccccc2)c2cccc4c2oc2ccccc24)c2ccccc2n3-c2ccccc2)cc1. The summed E-state index contributed by atoms with van der Waals surface area (Å²) in [4.78, 5) is 7.11. The number of benzene rings is 21. The van der Waals surface area contributed by atoms with E-state index in [2.05, 4.69) is 502 Å². The van der Waals surface area contributed by atoms with Gasteiger partial charge in [0.25, 0.3) is 0 Å². The maximum atomic E-state index is 6.63. The molecule has 9 nitrogen and oxygen atoms in total. The van der Waals surface area contributed by atoms with Crippen molar-refractivity contribution in [3.05, 3.63) is 510 Å². The minimum absolute atomic E-state index is 0.869. The van der Waals surface area contributed by atoms with Crippen LogP contribution >= 0.6 is 0 Å². The molecule has 27 rings (SSSR count). The third kappa shape index (κ3) is 14.0. The number of rotatable bonds is 15. The van der Waals surface area contributed by atoms with Crippen LogP contribution in [0.3, 0.4) is 0 Å². The van der Waals surface area contributed by atoms with E-state index in [-0.39, 0.29) is 0 Å². The van der Waals surface area contributed by atoms with E-state index in [4.69, 9.17) is 13.3 Å². The largest absolute Gasteiger partial charge is 0.456 e. The van der Waals surface area contributed by atoms with Gasteiger partial charge in [-0.05, 0) is 199 Å². The van der Waals surface area contributed by atoms with Crippen molar-refractivity contribution in [2.45, 2.75) is 0 Å². The Morgan fingerprint density at radius 2 is 0.437 bits per heavy atom. The van der Waals surface area contributed by atoms with Gasteiger partial charge in [-0.1, -0.05) is 322 Å². The smallest absolute Gasteiger partial charge is 0.159 e. The third-order valence-electron chi connectivity index (χ3n) is 26.3. The van der Waals surface area contributed by atoms with Gasteiger partial charge in [0.2, 0.25) is 0 Å². The Bertz CT molecular complexity index is 9090. The number of aromatic nitrogens is 3. The van der Waals surface area contributed by atoms with Crippen molar-refractivity contribution in [3.8, 4) is 50.4 Å². The summed E-state index contributed by atoms with van der Waals surface area (Å²) in [6, 6.07) is 181. The first-order valence-corrected chi connectivity index (χ1v) is 45.8. The summed E-state index contributed by atoms with van der Waals surface area (Å²) >= 11 is 0. The van der Waals surface area contributed by atoms with Crippen LogP contribution in [0.1, 0.15) is 0 Å². The molecule has 0 bridgehead atoms. The predicted octanol–water partition coefficient (Wildman–Crippen LogP) is 35.5. The summed E-state index contributed by atoms with van der Waals surface area (Å²) in [5.74, 6) is 0. The fraction of sp³-hybridized carbons (Fsp3) is 0. The van der Waals surface area contributed by atoms with Crippen LogP contribution in [0.15, 0.2) is 523 Å². The van der Waals surface area contributed by atoms with Crippen LogP contribution in [0.4, 0.5) is 51.2 Å². The molecule has 21 aromatic carbocycles. The van der Waals surface area contributed by atoms with E-state index in [1.807, 2.05) is 36.4 Å². The summed E-state index contributed by atoms with van der Waals surface area (Å²) in [5.41, 5.74) is 32.4. The van der Waals surface area contributed by atoms with Crippen LogP contribution in [-0.4, -0.2) is 13.7 Å². The van der Waals surface area contributed by atoms with Gasteiger partial charge in [0.05, 0.1) is 55.8 Å². The predicted molar refractivity (Wildman–Crippen MR) is 565 cm³/mol. The lowest BCUT2D eigenvalue weighted by molar-refractivity contribution is 0.668. The van der Waals surface area contributed by atoms with Gasteiger partial charge < -0.3 is 41.7 Å². The summed E-state index contributed by atoms with van der Waals surface area (Å²) in [5, 5.41) is 14.0. The van der Waals surface area contributed by atoms with E-state index in [1.54, 1.807) is 0 Å². The topological polar surface area (TPSA) is 63.9 Å². The van der Waals surface area contributed by atoms with E-state index in [0.717, 1.165) is 167 Å². The van der Waals surface area contributed by atoms with Crippen molar-refractivity contribution in [2.75, 3.05) is 14.7 Å². The summed E-state index contributed by atoms with van der Waals surface area (Å²) in [6.07, 6.45) is 0. The Balaban J connectivity index is 0.000000108. The van der Waals surface area contributed by atoms with Gasteiger partial charge in [-0.25, -0.2) is 0 Å². The van der Waals surface area contributed by atoms with Crippen molar-refractivity contribution in [3.63, 3.8) is 0 Å². The number of hydrogen-bond acceptors (Lipinski definition) is 6. The first-order chi connectivity index (χ1) is 67.0. The Hall–Kier alpha value is -18.2. The van der Waals surface area contributed by atoms with Crippen LogP contribution in [-0.2, 0) is 0 Å². The molecule has 636 valence electrons. The molecule has 0 aliphatic rings. The molecule has 0 atom stereocenters. The van der Waals surface area contributed by atoms with Crippen LogP contribution in [0.5, 0.6) is 0 Å². The van der Waals surface area contributed by atoms with E-state index >= 15 is 0 Å². The summed E-state index contributed by atoms with van der Waals surface area (Å²) in [6.45, 7) is 0. The molecular formula is C126H84N6O3. The molecule has 135 heavy (non-hydrogen) atoms. The molecule has 6 heterocycles. The molecule has 9 heteroatoms. The highest BCUT2D eigenvalue weighted by molar-refractivity contribution is 6.19. The molecule has 0 saturated carbocycles. The normalized spacial score (nSPS) is 11.6. The molecule has 0 aliphatic carbocycles. The van der Waals surface area contributed by atoms with Crippen LogP contribution in [0.2, 0.25) is 0 Å². The minimum Gasteiger partial charge on any atom is -0.456 e. The Labute approximate surface area is 778 Å². The van der Waals surface area contributed by atoms with E-state index in [9.17, 15) is 0 Å². The second-order valence-electron chi connectivity index (χ2n) is 34.1. The second kappa shape index (κ2) is 33.7. The molecule has 6 aromatic heterocycles. The maximum Gasteiger partial charge on any atom is 0.159 e. The molecule has 0 unspecified atom stereocenters. The van der Waals surface area contributed by atoms with Gasteiger partial charge in [0.15, 0.2) is 5.58 Å². The average molecular weight is 1730 g/mol. The zero-order chi connectivity index (χ0) is 89.2. The number of nitrogens with zero attached hydrogens (tertiary/aromatic N) is 6. The molecule has 27 aromatic rings. The zero-order valence-electron chi connectivity index (χ0n) is 73.4. The van der Waals surface area contributed by atoms with E-state index in [0.29, 0.717) is 0 Å². The molecule has 0 N–H and O–H groups in total. The lowest BCUT2D eigenvalue weighted by atomic mass is 9.99. The van der Waals surface area contributed by atoms with Crippen molar-refractivity contribution < 1.29 is 13.3 Å². The number of hydrogen-bond donors (Lipinski definition) is 0. The highest BCUT2D eigenvalue weighted by Gasteiger charge is 2.29. The van der Waals surface area contributed by atoms with Gasteiger partial charge in [-0.2, -0.15) is 0 Å². The van der Waals surface area contributed by atoms with Gasteiger partial charge in [-0.3, -0.25) is 0 Å². The fourth-order valence-corrected chi connectivity index (χ4v) is 20.3. The van der Waals surface area contributed by atoms with Gasteiger partial charge in [0, 0.05) is 133 Å². The first-order valence-electron chi connectivity index (χ1n) is 45.8. The molecule has 0 amide bonds. The van der Waals surface area contributed by atoms with Gasteiger partial charge in [-0.15, -0.1) is 0 Å². The highest BCUT2D eigenvalue weighted by atomic mass is 16.3. The minimum atomic E-state index is 0.869. The van der Waals surface area contributed by atoms with Crippen molar-refractivity contribution in [1.29, 1.82) is 0 Å². The maximum absolute atomic E-state index is 6.63. The first kappa shape index (κ1) is 79.0. The Morgan fingerprint density at radius 3 is 0.852 bits per heavy atom. The molecule has 0 fully saturated rings. The molecule has 0 saturated heterocycles. The van der Waals surface area contributed by atoms with Crippen molar-refractivity contribution >= 4 is 182 Å². The lowest BCUT2D eigenvalue weighted by Gasteiger charge is -2.28. The van der Waals surface area contributed by atoms with Crippen molar-refractivity contribution in [1.82, 2.24) is 13.7 Å². The van der Waals surface area contributed by atoms with Crippen LogP contribution < -0.4 is 14.7 Å². The number of anilines is 9. The van der Waals surface area contributed by atoms with E-state index in [1.165, 1.54) is 65.4 Å². The van der Waals surface area contributed by atoms with Gasteiger partial charge in [0.1, 0.15) is 27.9 Å². The average Bonchev–Trinajstić information content (AvgIpc) is 1.59. The lowest BCUT2D eigenvalue weighted by Crippen LogP contribution is -2.11. The van der Waals surface area contributed by atoms with E-state index < -0.39 is 0 Å². The molecule has 0 radical (unpaired) electrons. The molecule has 0 spiro atoms. The standard InChI is InChI=1S/3C42H28N2O/c1-4-15-29(16-5-1)35-27-40-36(32-21-10-12-24-37(32)43(40)30-17-6-2-7-18-30)28-39(35)44(31-19-8-3-9-20-31)38-25-14-23-34-33-22-11-13-26-41(33)45-42(34)38;1-4-14-29(15-5-1)35-27-40-36(33-20-10-12-22-38(33)44(40)31-18-8-3-9-19-31)28-39(35)43(30-16-6-2-7-17-30)32-24-25-42-37(26-32)34-21-11-13-23-41(34)45-42;1-4-14-29(15-5-1)36-27-40-37(33-20-10-12-22-38(33)44(40)31-18-8-3-9-19-31)28-39(36)43(30-16-6-2-7-17-30)32-24-25-35-34-21-11-13-23-41(34)45-42(35)26-32/h3*1-28H. The monoisotopic (exact) mass is 1730 g/mol. The third-order valence-corrected chi connectivity index (χ3v) is 26.3. The van der Waals surface area contributed by atoms with Gasteiger partial charge >= 0.3 is 0 Å². The number of furan rings is 3. The highest BCUT2D eigenvalue weighted by Crippen LogP contribution is 2.53. The Kier molecular flexibility index (Phi) is 19.7. The number of fused-ring (bicyclic) bond motifs is 18. The van der Waals surface area contributed by atoms with Crippen molar-refractivity contribution in [2.24, 2.45) is 0 Å². The van der Waals surface area contributed by atoms with Crippen LogP contribution in [0.25, 0.3) is 182 Å². The number of para-hydroxylation sites is 13. The summed E-state index contributed by atoms with van der Waals surface area (Å²) < 4.78 is 26.4. The second-order valence-corrected chi connectivity index (χ2v) is 34.1.